The van der Waals surface area contributed by atoms with E-state index in [0.29, 0.717) is 0 Å². The van der Waals surface area contributed by atoms with Gasteiger partial charge in [-0.25, -0.2) is 19.1 Å². The SMILES string of the molecule is Cc1ccc(N2C(=O)NC(=O)/C(=C\c3c(O)n(-c4ccc(C)cc4)c(=O)[nH]c3=O)C2=O)cc1. The van der Waals surface area contributed by atoms with Crippen molar-refractivity contribution in [2.75, 3.05) is 4.90 Å². The number of aryl methyl sites for hydroxylation is 2. The van der Waals surface area contributed by atoms with Gasteiger partial charge in [-0.1, -0.05) is 35.4 Å². The molecular formula is C23H18N4O6. The van der Waals surface area contributed by atoms with E-state index in [1.807, 2.05) is 19.2 Å². The van der Waals surface area contributed by atoms with Crippen LogP contribution in [0.4, 0.5) is 10.5 Å². The van der Waals surface area contributed by atoms with Gasteiger partial charge in [0.1, 0.15) is 11.1 Å². The van der Waals surface area contributed by atoms with Crippen LogP contribution in [0.2, 0.25) is 0 Å². The topological polar surface area (TPSA) is 142 Å². The average Bonchev–Trinajstić information content (AvgIpc) is 2.75. The molecule has 1 saturated heterocycles. The number of aromatic nitrogens is 2. The Kier molecular flexibility index (Phi) is 5.26. The van der Waals surface area contributed by atoms with Gasteiger partial charge in [-0.15, -0.1) is 0 Å². The molecule has 2 aromatic carbocycles. The molecular weight excluding hydrogens is 428 g/mol. The van der Waals surface area contributed by atoms with Gasteiger partial charge in [-0.2, -0.15) is 0 Å². The molecule has 1 aromatic heterocycles. The van der Waals surface area contributed by atoms with Crippen molar-refractivity contribution < 1.29 is 19.5 Å². The van der Waals surface area contributed by atoms with Crippen molar-refractivity contribution in [3.8, 4) is 11.6 Å². The van der Waals surface area contributed by atoms with Crippen LogP contribution >= 0.6 is 0 Å². The zero-order valence-electron chi connectivity index (χ0n) is 17.6. The summed E-state index contributed by atoms with van der Waals surface area (Å²) in [6, 6.07) is 12.0. The summed E-state index contributed by atoms with van der Waals surface area (Å²) in [4.78, 5) is 65.4. The van der Waals surface area contributed by atoms with E-state index >= 15 is 0 Å². The molecule has 0 atom stereocenters. The van der Waals surface area contributed by atoms with Gasteiger partial charge in [0.2, 0.25) is 5.88 Å². The molecule has 0 aliphatic carbocycles. The van der Waals surface area contributed by atoms with E-state index < -0.39 is 46.1 Å². The Labute approximate surface area is 186 Å². The zero-order chi connectivity index (χ0) is 23.9. The lowest BCUT2D eigenvalue weighted by molar-refractivity contribution is -0.122. The van der Waals surface area contributed by atoms with Crippen LogP contribution in [-0.4, -0.2) is 32.5 Å². The molecule has 0 unspecified atom stereocenters. The van der Waals surface area contributed by atoms with Crippen molar-refractivity contribution in [3.63, 3.8) is 0 Å². The van der Waals surface area contributed by atoms with Crippen LogP contribution in [0.5, 0.6) is 5.88 Å². The number of anilines is 1. The van der Waals surface area contributed by atoms with Crippen LogP contribution < -0.4 is 21.5 Å². The van der Waals surface area contributed by atoms with Gasteiger partial charge in [0.15, 0.2) is 0 Å². The summed E-state index contributed by atoms with van der Waals surface area (Å²) in [7, 11) is 0. The molecule has 0 bridgehead atoms. The Balaban J connectivity index is 1.85. The Morgan fingerprint density at radius 2 is 1.36 bits per heavy atom. The Hall–Kier alpha value is -4.73. The summed E-state index contributed by atoms with van der Waals surface area (Å²) in [5, 5.41) is 12.8. The summed E-state index contributed by atoms with van der Waals surface area (Å²) in [6.45, 7) is 3.66. The minimum Gasteiger partial charge on any atom is -0.494 e. The van der Waals surface area contributed by atoms with E-state index in [0.717, 1.165) is 26.7 Å². The second kappa shape index (κ2) is 8.08. The lowest BCUT2D eigenvalue weighted by Gasteiger charge is -2.26. The van der Waals surface area contributed by atoms with Crippen molar-refractivity contribution in [3.05, 3.63) is 91.6 Å². The highest BCUT2D eigenvalue weighted by Crippen LogP contribution is 2.24. The van der Waals surface area contributed by atoms with Crippen LogP contribution in [0, 0.1) is 13.8 Å². The van der Waals surface area contributed by atoms with Gasteiger partial charge >= 0.3 is 11.7 Å². The highest BCUT2D eigenvalue weighted by Gasteiger charge is 2.37. The van der Waals surface area contributed by atoms with Crippen LogP contribution in [0.1, 0.15) is 16.7 Å². The second-order valence-electron chi connectivity index (χ2n) is 7.46. The largest absolute Gasteiger partial charge is 0.494 e. The first-order valence-corrected chi connectivity index (χ1v) is 9.81. The molecule has 33 heavy (non-hydrogen) atoms. The number of amides is 4. The number of carbonyl (C=O) groups is 3. The number of carbonyl (C=O) groups excluding carboxylic acids is 3. The number of hydrogen-bond donors (Lipinski definition) is 3. The van der Waals surface area contributed by atoms with Crippen molar-refractivity contribution in [1.82, 2.24) is 14.9 Å². The molecule has 10 heteroatoms. The molecule has 0 saturated carbocycles. The molecule has 3 aromatic rings. The predicted molar refractivity (Wildman–Crippen MR) is 119 cm³/mol. The lowest BCUT2D eigenvalue weighted by atomic mass is 10.1. The van der Waals surface area contributed by atoms with E-state index in [4.69, 9.17) is 0 Å². The fraction of sp³-hybridized carbons (Fsp3) is 0.0870. The molecule has 2 heterocycles. The van der Waals surface area contributed by atoms with Crippen molar-refractivity contribution in [2.45, 2.75) is 13.8 Å². The number of benzene rings is 2. The minimum absolute atomic E-state index is 0.212. The van der Waals surface area contributed by atoms with Crippen LogP contribution in [0.25, 0.3) is 11.8 Å². The quantitative estimate of drug-likeness (QED) is 0.411. The molecule has 166 valence electrons. The number of aromatic amines is 1. The van der Waals surface area contributed by atoms with Gasteiger partial charge in [-0.3, -0.25) is 24.7 Å². The molecule has 1 aliphatic rings. The number of nitrogens with zero attached hydrogens (tertiary/aromatic N) is 2. The summed E-state index contributed by atoms with van der Waals surface area (Å²) >= 11 is 0. The first-order chi connectivity index (χ1) is 15.7. The van der Waals surface area contributed by atoms with Gasteiger partial charge in [0.05, 0.1) is 11.4 Å². The number of urea groups is 1. The smallest absolute Gasteiger partial charge is 0.335 e. The summed E-state index contributed by atoms with van der Waals surface area (Å²) < 4.78 is 0.835. The van der Waals surface area contributed by atoms with Crippen LogP contribution in [-0.2, 0) is 9.59 Å². The number of imide groups is 2. The number of barbiturate groups is 1. The molecule has 1 aliphatic heterocycles. The fourth-order valence-electron chi connectivity index (χ4n) is 3.33. The summed E-state index contributed by atoms with van der Waals surface area (Å²) in [6.07, 6.45) is 0.851. The van der Waals surface area contributed by atoms with Crippen molar-refractivity contribution in [2.24, 2.45) is 0 Å². The third-order valence-corrected chi connectivity index (χ3v) is 5.10. The zero-order valence-corrected chi connectivity index (χ0v) is 17.6. The van der Waals surface area contributed by atoms with Gasteiger partial charge in [-0.05, 0) is 44.2 Å². The summed E-state index contributed by atoms with van der Waals surface area (Å²) in [5.41, 5.74) is -0.697. The van der Waals surface area contributed by atoms with E-state index in [1.165, 1.54) is 12.1 Å². The molecule has 3 N–H and O–H groups in total. The number of rotatable bonds is 3. The van der Waals surface area contributed by atoms with E-state index in [9.17, 15) is 29.1 Å². The molecule has 4 rings (SSSR count). The predicted octanol–water partition coefficient (Wildman–Crippen LogP) is 1.51. The highest BCUT2D eigenvalue weighted by molar-refractivity contribution is 6.39. The Morgan fingerprint density at radius 3 is 1.94 bits per heavy atom. The molecule has 4 amide bonds. The van der Waals surface area contributed by atoms with E-state index in [-0.39, 0.29) is 11.4 Å². The number of aromatic hydroxyl groups is 1. The third kappa shape index (κ3) is 3.85. The van der Waals surface area contributed by atoms with Crippen molar-refractivity contribution >= 4 is 29.6 Å². The van der Waals surface area contributed by atoms with Crippen LogP contribution in [0.3, 0.4) is 0 Å². The number of nitrogens with one attached hydrogen (secondary N) is 2. The number of H-pyrrole nitrogens is 1. The van der Waals surface area contributed by atoms with E-state index in [1.54, 1.807) is 36.4 Å². The monoisotopic (exact) mass is 446 g/mol. The maximum Gasteiger partial charge on any atom is 0.335 e. The van der Waals surface area contributed by atoms with Gasteiger partial charge < -0.3 is 5.11 Å². The third-order valence-electron chi connectivity index (χ3n) is 5.10. The highest BCUT2D eigenvalue weighted by atomic mass is 16.3. The lowest BCUT2D eigenvalue weighted by Crippen LogP contribution is -2.54. The second-order valence-corrected chi connectivity index (χ2v) is 7.46. The fourth-order valence-corrected chi connectivity index (χ4v) is 3.33. The number of hydrogen-bond acceptors (Lipinski definition) is 6. The first-order valence-electron chi connectivity index (χ1n) is 9.81. The van der Waals surface area contributed by atoms with E-state index in [2.05, 4.69) is 4.98 Å². The molecule has 0 radical (unpaired) electrons. The maximum atomic E-state index is 13.0. The molecule has 10 nitrogen and oxygen atoms in total. The minimum atomic E-state index is -1.04. The first kappa shape index (κ1) is 21.5. The Morgan fingerprint density at radius 1 is 0.818 bits per heavy atom. The standard InChI is InChI=1S/C23H18N4O6/c1-12-3-7-14(8-4-12)26-20(30)16(18(28)24-22(26)32)11-17-19(29)25-23(33)27(21(17)31)15-9-5-13(2)6-10-15/h3-11,30H,1-2H3,(H,24,28,32)(H,25,29,33)/b17-11+. The van der Waals surface area contributed by atoms with Gasteiger partial charge in [0, 0.05) is 0 Å². The normalized spacial score (nSPS) is 15.2. The molecule has 0 spiro atoms. The van der Waals surface area contributed by atoms with Crippen molar-refractivity contribution in [1.29, 1.82) is 0 Å². The Bertz CT molecular complexity index is 1450. The average molecular weight is 446 g/mol. The van der Waals surface area contributed by atoms with Crippen LogP contribution in [0.15, 0.2) is 63.7 Å². The maximum absolute atomic E-state index is 13.0. The summed E-state index contributed by atoms with van der Waals surface area (Å²) in [5.74, 6) is -2.79. The molecule has 1 fully saturated rings. The van der Waals surface area contributed by atoms with Gasteiger partial charge in [0.25, 0.3) is 17.4 Å².